The van der Waals surface area contributed by atoms with Crippen LogP contribution >= 0.6 is 35.6 Å². The monoisotopic (exact) mass is 361 g/mol. The minimum Gasteiger partial charge on any atom is -0.496 e. The molecule has 0 unspecified atom stereocenters. The Morgan fingerprint density at radius 1 is 1.17 bits per heavy atom. The molecule has 1 fully saturated rings. The Balaban J connectivity index is 1.95. The van der Waals surface area contributed by atoms with Gasteiger partial charge in [0.25, 0.3) is 5.91 Å². The van der Waals surface area contributed by atoms with Crippen LogP contribution in [0.25, 0.3) is 6.08 Å². The molecule has 116 valence electrons. The molecule has 1 aliphatic rings. The molecule has 2 aromatic carbocycles. The molecule has 3 rings (SSSR count). The molecule has 3 nitrogen and oxygen atoms in total. The second kappa shape index (κ2) is 6.74. The van der Waals surface area contributed by atoms with Crippen LogP contribution in [0.1, 0.15) is 5.56 Å². The zero-order valence-corrected chi connectivity index (χ0v) is 14.5. The summed E-state index contributed by atoms with van der Waals surface area (Å²) in [5.41, 5.74) is 1.55. The molecule has 1 aliphatic heterocycles. The van der Waals surface area contributed by atoms with Crippen LogP contribution < -0.4 is 9.64 Å². The lowest BCUT2D eigenvalue weighted by Crippen LogP contribution is -2.27. The molecule has 23 heavy (non-hydrogen) atoms. The van der Waals surface area contributed by atoms with E-state index in [0.717, 1.165) is 5.56 Å². The maximum absolute atomic E-state index is 12.7. The second-order valence-corrected chi connectivity index (χ2v) is 6.85. The number of methoxy groups -OCH3 is 1. The topological polar surface area (TPSA) is 29.5 Å². The van der Waals surface area contributed by atoms with Crippen molar-refractivity contribution in [3.8, 4) is 5.75 Å². The first-order chi connectivity index (χ1) is 11.1. The van der Waals surface area contributed by atoms with Crippen molar-refractivity contribution in [1.82, 2.24) is 0 Å². The molecule has 1 amide bonds. The minimum absolute atomic E-state index is 0.145. The number of hydrogen-bond acceptors (Lipinski definition) is 4. The van der Waals surface area contributed by atoms with Gasteiger partial charge in [-0.15, -0.1) is 0 Å². The summed E-state index contributed by atoms with van der Waals surface area (Å²) >= 11 is 12.5. The zero-order chi connectivity index (χ0) is 16.4. The highest BCUT2D eigenvalue weighted by atomic mass is 35.5. The van der Waals surface area contributed by atoms with E-state index in [9.17, 15) is 4.79 Å². The maximum Gasteiger partial charge on any atom is 0.270 e. The summed E-state index contributed by atoms with van der Waals surface area (Å²) in [6.07, 6.45) is 1.80. The molecule has 0 saturated carbocycles. The van der Waals surface area contributed by atoms with Gasteiger partial charge in [-0.3, -0.25) is 9.69 Å². The Bertz CT molecular complexity index is 802. The molecule has 0 atom stereocenters. The fraction of sp³-hybridized carbons (Fsp3) is 0.0588. The van der Waals surface area contributed by atoms with E-state index < -0.39 is 0 Å². The molecular formula is C17H12ClNO2S2. The zero-order valence-electron chi connectivity index (χ0n) is 12.2. The summed E-state index contributed by atoms with van der Waals surface area (Å²) in [7, 11) is 1.60. The highest BCUT2D eigenvalue weighted by molar-refractivity contribution is 8.27. The van der Waals surface area contributed by atoms with Crippen molar-refractivity contribution in [2.75, 3.05) is 12.0 Å². The summed E-state index contributed by atoms with van der Waals surface area (Å²) in [6.45, 7) is 0. The number of rotatable bonds is 3. The van der Waals surface area contributed by atoms with Gasteiger partial charge >= 0.3 is 0 Å². The van der Waals surface area contributed by atoms with Gasteiger partial charge in [0.1, 0.15) is 5.75 Å². The molecule has 0 aromatic heterocycles. The number of thiocarbonyl (C=S) groups is 1. The number of hydrogen-bond donors (Lipinski definition) is 0. The van der Waals surface area contributed by atoms with E-state index in [4.69, 9.17) is 28.6 Å². The number of carbonyl (C=O) groups excluding carboxylic acids is 1. The number of nitrogens with zero attached hydrogens (tertiary/aromatic N) is 1. The summed E-state index contributed by atoms with van der Waals surface area (Å²) < 4.78 is 5.81. The number of para-hydroxylation sites is 1. The molecule has 0 N–H and O–H groups in total. The third-order valence-electron chi connectivity index (χ3n) is 3.30. The number of amides is 1. The largest absolute Gasteiger partial charge is 0.496 e. The molecule has 6 heteroatoms. The quantitative estimate of drug-likeness (QED) is 0.582. The lowest BCUT2D eigenvalue weighted by atomic mass is 10.2. The first-order valence-electron chi connectivity index (χ1n) is 6.76. The second-order valence-electron chi connectivity index (χ2n) is 4.74. The van der Waals surface area contributed by atoms with E-state index in [0.29, 0.717) is 25.7 Å². The van der Waals surface area contributed by atoms with Crippen molar-refractivity contribution in [3.05, 3.63) is 64.0 Å². The number of carbonyl (C=O) groups is 1. The van der Waals surface area contributed by atoms with Gasteiger partial charge < -0.3 is 4.74 Å². The molecule has 1 saturated heterocycles. The van der Waals surface area contributed by atoms with Gasteiger partial charge in [-0.1, -0.05) is 53.8 Å². The molecular weight excluding hydrogens is 350 g/mol. The Labute approximate surface area is 148 Å². The third-order valence-corrected chi connectivity index (χ3v) is 4.86. The van der Waals surface area contributed by atoms with Gasteiger partial charge in [0.05, 0.1) is 17.7 Å². The van der Waals surface area contributed by atoms with Crippen LogP contribution in [0, 0.1) is 0 Å². The van der Waals surface area contributed by atoms with Crippen LogP contribution in [0.2, 0.25) is 5.02 Å². The Kier molecular flexibility index (Phi) is 4.71. The molecule has 0 radical (unpaired) electrons. The molecule has 0 aliphatic carbocycles. The van der Waals surface area contributed by atoms with Gasteiger partial charge in [0.15, 0.2) is 4.32 Å². The standard InChI is InChI=1S/C17H12ClNO2S2/c1-21-14-5-3-2-4-11(14)10-15-16(20)19(17(22)23-15)13-8-6-12(18)7-9-13/h2-10H,1H3. The maximum atomic E-state index is 12.7. The minimum atomic E-state index is -0.145. The molecule has 0 spiro atoms. The smallest absolute Gasteiger partial charge is 0.270 e. The Morgan fingerprint density at radius 2 is 1.87 bits per heavy atom. The van der Waals surface area contributed by atoms with Crippen LogP contribution in [-0.4, -0.2) is 17.3 Å². The normalized spacial score (nSPS) is 16.3. The predicted octanol–water partition coefficient (Wildman–Crippen LogP) is 4.75. The van der Waals surface area contributed by atoms with Crippen LogP contribution in [0.15, 0.2) is 53.4 Å². The molecule has 2 aromatic rings. The number of ether oxygens (including phenoxy) is 1. The fourth-order valence-electron chi connectivity index (χ4n) is 2.21. The number of anilines is 1. The third kappa shape index (κ3) is 3.27. The van der Waals surface area contributed by atoms with E-state index in [1.807, 2.05) is 24.3 Å². The van der Waals surface area contributed by atoms with E-state index in [2.05, 4.69) is 0 Å². The summed E-state index contributed by atoms with van der Waals surface area (Å²) in [4.78, 5) is 14.8. The van der Waals surface area contributed by atoms with Crippen molar-refractivity contribution >= 4 is 57.6 Å². The van der Waals surface area contributed by atoms with Crippen LogP contribution in [0.3, 0.4) is 0 Å². The van der Waals surface area contributed by atoms with Crippen molar-refractivity contribution in [3.63, 3.8) is 0 Å². The lowest BCUT2D eigenvalue weighted by Gasteiger charge is -2.14. The average Bonchev–Trinajstić information content (AvgIpc) is 2.83. The SMILES string of the molecule is COc1ccccc1C=C1SC(=S)N(c2ccc(Cl)cc2)C1=O. The van der Waals surface area contributed by atoms with Gasteiger partial charge in [-0.05, 0) is 36.4 Å². The molecule has 0 bridgehead atoms. The van der Waals surface area contributed by atoms with Crippen molar-refractivity contribution in [1.29, 1.82) is 0 Å². The highest BCUT2D eigenvalue weighted by Crippen LogP contribution is 2.37. The van der Waals surface area contributed by atoms with Crippen molar-refractivity contribution < 1.29 is 9.53 Å². The first kappa shape index (κ1) is 16.1. The summed E-state index contributed by atoms with van der Waals surface area (Å²) in [5.74, 6) is 0.567. The van der Waals surface area contributed by atoms with Gasteiger partial charge in [0, 0.05) is 10.6 Å². The number of benzene rings is 2. The average molecular weight is 362 g/mol. The van der Waals surface area contributed by atoms with Crippen molar-refractivity contribution in [2.45, 2.75) is 0 Å². The number of thioether (sulfide) groups is 1. The van der Waals surface area contributed by atoms with E-state index in [-0.39, 0.29) is 5.91 Å². The molecule has 1 heterocycles. The predicted molar refractivity (Wildman–Crippen MR) is 100 cm³/mol. The first-order valence-corrected chi connectivity index (χ1v) is 8.37. The van der Waals surface area contributed by atoms with E-state index in [1.165, 1.54) is 16.7 Å². The van der Waals surface area contributed by atoms with Gasteiger partial charge in [0.2, 0.25) is 0 Å². The van der Waals surface area contributed by atoms with Crippen LogP contribution in [0.4, 0.5) is 5.69 Å². The van der Waals surface area contributed by atoms with E-state index >= 15 is 0 Å². The van der Waals surface area contributed by atoms with Crippen LogP contribution in [0.5, 0.6) is 5.75 Å². The Morgan fingerprint density at radius 3 is 2.57 bits per heavy atom. The summed E-state index contributed by atoms with van der Waals surface area (Å²) in [6, 6.07) is 14.6. The lowest BCUT2D eigenvalue weighted by molar-refractivity contribution is -0.113. The number of halogens is 1. The van der Waals surface area contributed by atoms with Crippen LogP contribution in [-0.2, 0) is 4.79 Å². The highest BCUT2D eigenvalue weighted by Gasteiger charge is 2.33. The summed E-state index contributed by atoms with van der Waals surface area (Å²) in [5, 5.41) is 0.615. The fourth-order valence-corrected chi connectivity index (χ4v) is 3.62. The van der Waals surface area contributed by atoms with E-state index in [1.54, 1.807) is 37.5 Å². The van der Waals surface area contributed by atoms with Gasteiger partial charge in [-0.25, -0.2) is 0 Å². The van der Waals surface area contributed by atoms with Gasteiger partial charge in [-0.2, -0.15) is 0 Å². The Hall–Kier alpha value is -1.82. The van der Waals surface area contributed by atoms with Crippen molar-refractivity contribution in [2.24, 2.45) is 0 Å².